The van der Waals surface area contributed by atoms with E-state index in [-0.39, 0.29) is 6.04 Å². The maximum Gasteiger partial charge on any atom is 0.0455 e. The second kappa shape index (κ2) is 7.58. The highest BCUT2D eigenvalue weighted by Crippen LogP contribution is 2.31. The van der Waals surface area contributed by atoms with Crippen molar-refractivity contribution in [3.8, 4) is 0 Å². The molecule has 0 fully saturated rings. The van der Waals surface area contributed by atoms with E-state index < -0.39 is 0 Å². The summed E-state index contributed by atoms with van der Waals surface area (Å²) < 4.78 is 0. The third kappa shape index (κ3) is 4.31. The van der Waals surface area contributed by atoms with Gasteiger partial charge in [0.2, 0.25) is 0 Å². The lowest BCUT2D eigenvalue weighted by molar-refractivity contribution is 0.662. The molecule has 0 spiro atoms. The molecule has 0 saturated heterocycles. The Hall–Kier alpha value is -0.380. The van der Waals surface area contributed by atoms with Crippen LogP contribution in [0.2, 0.25) is 15.1 Å². The van der Waals surface area contributed by atoms with E-state index in [1.54, 1.807) is 17.8 Å². The molecular weight excluding hydrogens is 333 g/mol. The largest absolute Gasteiger partial charge is 0.312 e. The molecule has 1 unspecified atom stereocenters. The molecule has 0 radical (unpaired) electrons. The van der Waals surface area contributed by atoms with Gasteiger partial charge in [-0.2, -0.15) is 0 Å². The van der Waals surface area contributed by atoms with Crippen molar-refractivity contribution in [1.29, 1.82) is 0 Å². The molecule has 20 heavy (non-hydrogen) atoms. The van der Waals surface area contributed by atoms with E-state index in [1.807, 2.05) is 43.4 Å². The fraction of sp³-hybridized carbons (Fsp3) is 0.200. The van der Waals surface area contributed by atoms with Crippen molar-refractivity contribution in [1.82, 2.24) is 5.32 Å². The molecule has 1 N–H and O–H groups in total. The Morgan fingerprint density at radius 1 is 1.00 bits per heavy atom. The van der Waals surface area contributed by atoms with Crippen LogP contribution in [0.25, 0.3) is 0 Å². The minimum absolute atomic E-state index is 0.141. The Morgan fingerprint density at radius 3 is 2.30 bits per heavy atom. The standard InChI is InChI=1S/C15H14Cl3NS/c1-19-15(13-8-11(17)4-7-14(13)18)9-20-12-5-2-10(16)3-6-12/h2-8,15,19H,9H2,1H3. The lowest BCUT2D eigenvalue weighted by atomic mass is 10.1. The second-order valence-electron chi connectivity index (χ2n) is 4.27. The molecule has 2 aromatic carbocycles. The Bertz CT molecular complexity index is 572. The van der Waals surface area contributed by atoms with Crippen molar-refractivity contribution in [2.75, 3.05) is 12.8 Å². The first kappa shape index (κ1) is 16.0. The maximum atomic E-state index is 6.25. The van der Waals surface area contributed by atoms with Gasteiger partial charge in [-0.3, -0.25) is 0 Å². The van der Waals surface area contributed by atoms with Crippen LogP contribution in [0, 0.1) is 0 Å². The Kier molecular flexibility index (Phi) is 6.06. The van der Waals surface area contributed by atoms with Crippen LogP contribution < -0.4 is 5.32 Å². The van der Waals surface area contributed by atoms with Crippen LogP contribution in [0.3, 0.4) is 0 Å². The summed E-state index contributed by atoms with van der Waals surface area (Å²) in [6.45, 7) is 0. The topological polar surface area (TPSA) is 12.0 Å². The van der Waals surface area contributed by atoms with Gasteiger partial charge in [0.25, 0.3) is 0 Å². The van der Waals surface area contributed by atoms with Gasteiger partial charge in [-0.05, 0) is 55.1 Å². The first-order valence-corrected chi connectivity index (χ1v) is 8.22. The van der Waals surface area contributed by atoms with Crippen molar-refractivity contribution in [2.45, 2.75) is 10.9 Å². The lowest BCUT2D eigenvalue weighted by Gasteiger charge is -2.18. The summed E-state index contributed by atoms with van der Waals surface area (Å²) in [7, 11) is 1.92. The van der Waals surface area contributed by atoms with E-state index in [0.717, 1.165) is 21.4 Å². The van der Waals surface area contributed by atoms with Crippen LogP contribution in [0.4, 0.5) is 0 Å². The van der Waals surface area contributed by atoms with Gasteiger partial charge in [-0.25, -0.2) is 0 Å². The Balaban J connectivity index is 2.09. The van der Waals surface area contributed by atoms with Gasteiger partial charge in [-0.15, -0.1) is 11.8 Å². The molecule has 2 rings (SSSR count). The maximum absolute atomic E-state index is 6.25. The van der Waals surface area contributed by atoms with Gasteiger partial charge in [0.1, 0.15) is 0 Å². The Morgan fingerprint density at radius 2 is 1.65 bits per heavy atom. The average Bonchev–Trinajstić information content (AvgIpc) is 2.45. The molecular formula is C15H14Cl3NS. The molecule has 0 aliphatic rings. The smallest absolute Gasteiger partial charge is 0.0455 e. The molecule has 0 bridgehead atoms. The van der Waals surface area contributed by atoms with E-state index in [0.29, 0.717) is 5.02 Å². The van der Waals surface area contributed by atoms with Crippen LogP contribution in [0.5, 0.6) is 0 Å². The average molecular weight is 347 g/mol. The van der Waals surface area contributed by atoms with Gasteiger partial charge in [-0.1, -0.05) is 34.8 Å². The first-order valence-electron chi connectivity index (χ1n) is 6.10. The van der Waals surface area contributed by atoms with Crippen LogP contribution >= 0.6 is 46.6 Å². The van der Waals surface area contributed by atoms with Crippen molar-refractivity contribution in [2.24, 2.45) is 0 Å². The number of benzene rings is 2. The van der Waals surface area contributed by atoms with Crippen molar-refractivity contribution >= 4 is 46.6 Å². The molecule has 0 aromatic heterocycles. The van der Waals surface area contributed by atoms with E-state index in [9.17, 15) is 0 Å². The van der Waals surface area contributed by atoms with Gasteiger partial charge < -0.3 is 5.32 Å². The zero-order chi connectivity index (χ0) is 14.5. The summed E-state index contributed by atoms with van der Waals surface area (Å²) in [5.74, 6) is 0.859. The summed E-state index contributed by atoms with van der Waals surface area (Å²) in [4.78, 5) is 1.17. The van der Waals surface area contributed by atoms with E-state index in [4.69, 9.17) is 34.8 Å². The van der Waals surface area contributed by atoms with E-state index >= 15 is 0 Å². The molecule has 2 aromatic rings. The number of hydrogen-bond donors (Lipinski definition) is 1. The number of hydrogen-bond acceptors (Lipinski definition) is 2. The van der Waals surface area contributed by atoms with Gasteiger partial charge >= 0.3 is 0 Å². The third-order valence-electron chi connectivity index (χ3n) is 2.91. The zero-order valence-corrected chi connectivity index (χ0v) is 14.0. The number of thioether (sulfide) groups is 1. The monoisotopic (exact) mass is 345 g/mol. The van der Waals surface area contributed by atoms with E-state index in [2.05, 4.69) is 5.32 Å². The minimum atomic E-state index is 0.141. The van der Waals surface area contributed by atoms with Crippen molar-refractivity contribution in [3.63, 3.8) is 0 Å². The van der Waals surface area contributed by atoms with Gasteiger partial charge in [0.15, 0.2) is 0 Å². The van der Waals surface area contributed by atoms with Crippen LogP contribution in [-0.2, 0) is 0 Å². The van der Waals surface area contributed by atoms with Crippen LogP contribution in [0.1, 0.15) is 11.6 Å². The lowest BCUT2D eigenvalue weighted by Crippen LogP contribution is -2.19. The first-order chi connectivity index (χ1) is 9.60. The molecule has 106 valence electrons. The second-order valence-corrected chi connectivity index (χ2v) is 6.65. The summed E-state index contributed by atoms with van der Waals surface area (Å²) in [5.41, 5.74) is 1.02. The van der Waals surface area contributed by atoms with E-state index in [1.165, 1.54) is 4.90 Å². The molecule has 0 saturated carbocycles. The highest BCUT2D eigenvalue weighted by Gasteiger charge is 2.14. The SMILES string of the molecule is CNC(CSc1ccc(Cl)cc1)c1cc(Cl)ccc1Cl. The fourth-order valence-electron chi connectivity index (χ4n) is 1.82. The minimum Gasteiger partial charge on any atom is -0.312 e. The molecule has 0 heterocycles. The normalized spacial score (nSPS) is 12.4. The molecule has 0 aliphatic carbocycles. The van der Waals surface area contributed by atoms with Crippen LogP contribution in [-0.4, -0.2) is 12.8 Å². The fourth-order valence-corrected chi connectivity index (χ4v) is 3.41. The third-order valence-corrected chi connectivity index (χ3v) is 4.85. The predicted octanol–water partition coefficient (Wildman–Crippen LogP) is 5.70. The summed E-state index contributed by atoms with van der Waals surface area (Å²) >= 11 is 19.9. The van der Waals surface area contributed by atoms with Crippen molar-refractivity contribution < 1.29 is 0 Å². The predicted molar refractivity (Wildman–Crippen MR) is 90.4 cm³/mol. The summed E-state index contributed by atoms with van der Waals surface area (Å²) in [5, 5.41) is 5.45. The summed E-state index contributed by atoms with van der Waals surface area (Å²) in [6, 6.07) is 13.5. The number of halogens is 3. The van der Waals surface area contributed by atoms with Crippen molar-refractivity contribution in [3.05, 3.63) is 63.1 Å². The number of rotatable bonds is 5. The quantitative estimate of drug-likeness (QED) is 0.697. The molecule has 1 nitrogen and oxygen atoms in total. The van der Waals surface area contributed by atoms with Gasteiger partial charge in [0, 0.05) is 31.8 Å². The molecule has 0 aliphatic heterocycles. The molecule has 0 amide bonds. The highest BCUT2D eigenvalue weighted by atomic mass is 35.5. The zero-order valence-electron chi connectivity index (χ0n) is 10.9. The summed E-state index contributed by atoms with van der Waals surface area (Å²) in [6.07, 6.45) is 0. The molecule has 5 heteroatoms. The van der Waals surface area contributed by atoms with Gasteiger partial charge in [0.05, 0.1) is 0 Å². The Labute approximate surface area is 138 Å². The van der Waals surface area contributed by atoms with Crippen LogP contribution in [0.15, 0.2) is 47.4 Å². The highest BCUT2D eigenvalue weighted by molar-refractivity contribution is 7.99. The molecule has 1 atom stereocenters. The number of nitrogens with one attached hydrogen (secondary N) is 1.